The van der Waals surface area contributed by atoms with E-state index in [9.17, 15) is 20.1 Å². The molecule has 5 nitrogen and oxygen atoms in total. The summed E-state index contributed by atoms with van der Waals surface area (Å²) in [5, 5.41) is 33.6. The van der Waals surface area contributed by atoms with Gasteiger partial charge in [-0.3, -0.25) is 4.79 Å². The van der Waals surface area contributed by atoms with Gasteiger partial charge in [0, 0.05) is 6.42 Å². The molecule has 0 rings (SSSR count). The van der Waals surface area contributed by atoms with Crippen molar-refractivity contribution < 1.29 is 20.1 Å². The van der Waals surface area contributed by atoms with Crippen LogP contribution >= 0.6 is 0 Å². The zero-order chi connectivity index (χ0) is 41.5. The molecule has 1 amide bonds. The van der Waals surface area contributed by atoms with Crippen molar-refractivity contribution in [3.63, 3.8) is 0 Å². The van der Waals surface area contributed by atoms with Crippen LogP contribution in [0.25, 0.3) is 0 Å². The minimum Gasteiger partial charge on any atom is -0.394 e. The molecule has 0 bridgehead atoms. The van der Waals surface area contributed by atoms with E-state index in [2.05, 4.69) is 43.5 Å². The molecular weight excluding hydrogens is 703 g/mol. The number of nitrogens with one attached hydrogen (secondary N) is 1. The van der Waals surface area contributed by atoms with E-state index >= 15 is 0 Å². The van der Waals surface area contributed by atoms with Gasteiger partial charge in [0.05, 0.1) is 18.8 Å². The summed E-state index contributed by atoms with van der Waals surface area (Å²) < 4.78 is 0. The summed E-state index contributed by atoms with van der Waals surface area (Å²) in [5.41, 5.74) is 0. The van der Waals surface area contributed by atoms with Crippen LogP contribution in [0.3, 0.4) is 0 Å². The van der Waals surface area contributed by atoms with Gasteiger partial charge in [-0.15, -0.1) is 0 Å². The van der Waals surface area contributed by atoms with Crippen molar-refractivity contribution in [2.75, 3.05) is 6.61 Å². The minimum absolute atomic E-state index is 0.153. The van der Waals surface area contributed by atoms with E-state index in [0.717, 1.165) is 44.9 Å². The van der Waals surface area contributed by atoms with Gasteiger partial charge in [-0.1, -0.05) is 244 Å². The van der Waals surface area contributed by atoms with E-state index in [1.165, 1.54) is 205 Å². The lowest BCUT2D eigenvalue weighted by atomic mass is 10.0. The first-order chi connectivity index (χ1) is 28.1. The van der Waals surface area contributed by atoms with Gasteiger partial charge in [0.15, 0.2) is 0 Å². The van der Waals surface area contributed by atoms with Crippen LogP contribution in [0.2, 0.25) is 0 Å². The highest BCUT2D eigenvalue weighted by Crippen LogP contribution is 2.17. The Balaban J connectivity index is 3.58. The highest BCUT2D eigenvalue weighted by Gasteiger charge is 2.26. The predicted molar refractivity (Wildman–Crippen MR) is 250 cm³/mol. The highest BCUT2D eigenvalue weighted by atomic mass is 16.3. The summed E-state index contributed by atoms with van der Waals surface area (Å²) >= 11 is 0. The predicted octanol–water partition coefficient (Wildman–Crippen LogP) is 15.3. The quantitative estimate of drug-likeness (QED) is 0.0364. The number of hydrogen-bond donors (Lipinski definition) is 4. The fraction of sp³-hybridized carbons (Fsp3) is 0.904. The van der Waals surface area contributed by atoms with Crippen LogP contribution in [0.4, 0.5) is 0 Å². The molecule has 0 heterocycles. The first kappa shape index (κ1) is 55.8. The van der Waals surface area contributed by atoms with E-state index < -0.39 is 18.2 Å². The lowest BCUT2D eigenvalue weighted by molar-refractivity contribution is -0.124. The van der Waals surface area contributed by atoms with E-state index in [1.54, 1.807) is 0 Å². The third kappa shape index (κ3) is 42.8. The maximum atomic E-state index is 12.5. The molecule has 3 unspecified atom stereocenters. The Morgan fingerprint density at radius 3 is 1.07 bits per heavy atom. The minimum atomic E-state index is -1.16. The molecule has 0 aliphatic carbocycles. The Kier molecular flexibility index (Phi) is 46.5. The van der Waals surface area contributed by atoms with E-state index in [0.29, 0.717) is 12.8 Å². The second-order valence-electron chi connectivity index (χ2n) is 17.7. The molecule has 3 atom stereocenters. The van der Waals surface area contributed by atoms with Crippen molar-refractivity contribution in [1.82, 2.24) is 5.32 Å². The standard InChI is InChI=1S/C52H101NO4/c1-3-5-7-9-11-13-15-17-19-21-23-24-25-26-27-28-29-31-33-35-37-39-41-43-45-47-51(56)53-49(48-54)52(57)50(55)46-44-42-40-38-36-34-32-30-22-20-18-16-14-12-10-8-6-4-2/h30,32,38,40,49-50,52,54-55,57H,3-29,31,33-37,39,41-48H2,1-2H3,(H,53,56)/b32-30+,40-38+. The molecule has 4 N–H and O–H groups in total. The van der Waals surface area contributed by atoms with E-state index in [-0.39, 0.29) is 12.5 Å². The molecule has 0 aliphatic rings. The van der Waals surface area contributed by atoms with E-state index in [1.807, 2.05) is 0 Å². The summed E-state index contributed by atoms with van der Waals surface area (Å²) in [6.07, 6.45) is 58.9. The van der Waals surface area contributed by atoms with Crippen molar-refractivity contribution >= 4 is 5.91 Å². The van der Waals surface area contributed by atoms with Crippen molar-refractivity contribution in [3.8, 4) is 0 Å². The lowest BCUT2D eigenvalue weighted by Crippen LogP contribution is -2.50. The molecule has 0 saturated heterocycles. The molecule has 0 aliphatic heterocycles. The number of aliphatic hydroxyl groups excluding tert-OH is 3. The number of hydrogen-bond acceptors (Lipinski definition) is 4. The van der Waals surface area contributed by atoms with Crippen LogP contribution in [-0.2, 0) is 4.79 Å². The first-order valence-corrected chi connectivity index (χ1v) is 25.6. The smallest absolute Gasteiger partial charge is 0.220 e. The highest BCUT2D eigenvalue weighted by molar-refractivity contribution is 5.76. The molecule has 0 aromatic rings. The molecular formula is C52H101NO4. The van der Waals surface area contributed by atoms with Crippen molar-refractivity contribution in [1.29, 1.82) is 0 Å². The number of amides is 1. The van der Waals surface area contributed by atoms with Gasteiger partial charge in [-0.2, -0.15) is 0 Å². The third-order valence-electron chi connectivity index (χ3n) is 12.0. The van der Waals surface area contributed by atoms with Crippen molar-refractivity contribution in [2.45, 2.75) is 295 Å². The largest absolute Gasteiger partial charge is 0.394 e. The van der Waals surface area contributed by atoms with Crippen LogP contribution in [0.15, 0.2) is 24.3 Å². The maximum Gasteiger partial charge on any atom is 0.220 e. The molecule has 0 radical (unpaired) electrons. The molecule has 0 aromatic heterocycles. The second-order valence-corrected chi connectivity index (χ2v) is 17.7. The lowest BCUT2D eigenvalue weighted by Gasteiger charge is -2.26. The van der Waals surface area contributed by atoms with Crippen LogP contribution in [0.5, 0.6) is 0 Å². The Bertz CT molecular complexity index is 844. The van der Waals surface area contributed by atoms with E-state index in [4.69, 9.17) is 0 Å². The van der Waals surface area contributed by atoms with Crippen molar-refractivity contribution in [3.05, 3.63) is 24.3 Å². The number of carbonyl (C=O) groups excluding carboxylic acids is 1. The van der Waals surface area contributed by atoms with Gasteiger partial charge in [0.1, 0.15) is 6.10 Å². The van der Waals surface area contributed by atoms with Gasteiger partial charge in [-0.25, -0.2) is 0 Å². The summed E-state index contributed by atoms with van der Waals surface area (Å²) in [6, 6.07) is -0.829. The molecule has 0 aromatic carbocycles. The first-order valence-electron chi connectivity index (χ1n) is 25.6. The van der Waals surface area contributed by atoms with Crippen LogP contribution in [0, 0.1) is 0 Å². The SMILES string of the molecule is CCCCCCCCCCC/C=C/CC/C=C/CCCC(O)C(O)C(CO)NC(=O)CCCCCCCCCCCCCCCCCCCCCCCCCCC. The number of allylic oxidation sites excluding steroid dienone is 4. The Morgan fingerprint density at radius 2 is 0.719 bits per heavy atom. The number of rotatable bonds is 47. The van der Waals surface area contributed by atoms with Gasteiger partial charge >= 0.3 is 0 Å². The average Bonchev–Trinajstić information content (AvgIpc) is 3.22. The van der Waals surface area contributed by atoms with Crippen LogP contribution in [0.1, 0.15) is 277 Å². The summed E-state index contributed by atoms with van der Waals surface area (Å²) in [6.45, 7) is 4.19. The molecule has 5 heteroatoms. The third-order valence-corrected chi connectivity index (χ3v) is 12.0. The topological polar surface area (TPSA) is 89.8 Å². The summed E-state index contributed by atoms with van der Waals surface area (Å²) in [7, 11) is 0. The second kappa shape index (κ2) is 47.5. The normalized spacial score (nSPS) is 13.6. The van der Waals surface area contributed by atoms with Gasteiger partial charge in [0.25, 0.3) is 0 Å². The monoisotopic (exact) mass is 804 g/mol. The fourth-order valence-electron chi connectivity index (χ4n) is 8.06. The number of unbranched alkanes of at least 4 members (excludes halogenated alkanes) is 35. The summed E-state index contributed by atoms with van der Waals surface area (Å²) in [4.78, 5) is 12.5. The van der Waals surface area contributed by atoms with Crippen molar-refractivity contribution in [2.24, 2.45) is 0 Å². The molecule has 0 fully saturated rings. The Hall–Kier alpha value is -1.17. The number of aliphatic hydroxyl groups is 3. The van der Waals surface area contributed by atoms with Gasteiger partial charge in [0.2, 0.25) is 5.91 Å². The molecule has 57 heavy (non-hydrogen) atoms. The Labute approximate surface area is 356 Å². The van der Waals surface area contributed by atoms with Crippen LogP contribution in [-0.4, -0.2) is 46.1 Å². The molecule has 0 saturated carbocycles. The molecule has 338 valence electrons. The average molecular weight is 804 g/mol. The van der Waals surface area contributed by atoms with Gasteiger partial charge in [-0.05, 0) is 51.4 Å². The molecule has 0 spiro atoms. The Morgan fingerprint density at radius 1 is 0.421 bits per heavy atom. The fourth-order valence-corrected chi connectivity index (χ4v) is 8.06. The maximum absolute atomic E-state index is 12.5. The van der Waals surface area contributed by atoms with Crippen LogP contribution < -0.4 is 5.32 Å². The summed E-state index contributed by atoms with van der Waals surface area (Å²) in [5.74, 6) is -0.153. The zero-order valence-electron chi connectivity index (χ0n) is 38.5. The van der Waals surface area contributed by atoms with Gasteiger partial charge < -0.3 is 20.6 Å². The number of carbonyl (C=O) groups is 1. The zero-order valence-corrected chi connectivity index (χ0v) is 38.5.